The molecule has 0 saturated carbocycles. The lowest BCUT2D eigenvalue weighted by Gasteiger charge is -2.18. The van der Waals surface area contributed by atoms with Gasteiger partial charge in [-0.15, -0.1) is 0 Å². The molecule has 1 N–H and O–H groups in total. The molecule has 0 saturated heterocycles. The van der Waals surface area contributed by atoms with Gasteiger partial charge in [-0.25, -0.2) is 4.98 Å². The summed E-state index contributed by atoms with van der Waals surface area (Å²) in [6.07, 6.45) is 5.03. The van der Waals surface area contributed by atoms with Crippen molar-refractivity contribution in [2.75, 3.05) is 25.0 Å². The van der Waals surface area contributed by atoms with Crippen LogP contribution in [0.3, 0.4) is 0 Å². The van der Waals surface area contributed by atoms with Crippen LogP contribution in [0.2, 0.25) is 0 Å². The average Bonchev–Trinajstić information content (AvgIpc) is 2.92. The number of rotatable bonds is 8. The van der Waals surface area contributed by atoms with E-state index in [-0.39, 0.29) is 0 Å². The Morgan fingerprint density at radius 1 is 1.15 bits per heavy atom. The summed E-state index contributed by atoms with van der Waals surface area (Å²) in [5.41, 5.74) is 1.07. The van der Waals surface area contributed by atoms with Gasteiger partial charge in [0.05, 0.1) is 0 Å². The van der Waals surface area contributed by atoms with Crippen LogP contribution < -0.4 is 5.32 Å². The maximum Gasteiger partial charge on any atom is 0.207 e. The molecule has 2 rings (SSSR count). The molecular formula is C16H24N4. The van der Waals surface area contributed by atoms with Gasteiger partial charge in [-0.2, -0.15) is 0 Å². The molecule has 1 aromatic carbocycles. The number of anilines is 2. The molecule has 108 valence electrons. The first-order valence-corrected chi connectivity index (χ1v) is 7.39. The van der Waals surface area contributed by atoms with Crippen LogP contribution >= 0.6 is 0 Å². The Labute approximate surface area is 121 Å². The van der Waals surface area contributed by atoms with Crippen molar-refractivity contribution in [3.8, 4) is 0 Å². The largest absolute Gasteiger partial charge is 0.326 e. The molecule has 0 aliphatic rings. The van der Waals surface area contributed by atoms with Gasteiger partial charge in [-0.3, -0.25) is 0 Å². The maximum absolute atomic E-state index is 4.39. The van der Waals surface area contributed by atoms with E-state index >= 15 is 0 Å². The SMILES string of the molecule is CCN(CC)CCCn1ccnc1Nc1ccccc1. The minimum Gasteiger partial charge on any atom is -0.326 e. The number of para-hydroxylation sites is 1. The molecule has 4 nitrogen and oxygen atoms in total. The molecule has 0 radical (unpaired) electrons. The first-order valence-electron chi connectivity index (χ1n) is 7.39. The second kappa shape index (κ2) is 7.70. The smallest absolute Gasteiger partial charge is 0.207 e. The first-order chi connectivity index (χ1) is 9.83. The molecule has 1 heterocycles. The molecule has 0 atom stereocenters. The molecular weight excluding hydrogens is 248 g/mol. The lowest BCUT2D eigenvalue weighted by Crippen LogP contribution is -2.24. The molecule has 2 aromatic rings. The fourth-order valence-electron chi connectivity index (χ4n) is 2.27. The number of benzene rings is 1. The number of nitrogens with one attached hydrogen (secondary N) is 1. The maximum atomic E-state index is 4.39. The van der Waals surface area contributed by atoms with E-state index in [1.165, 1.54) is 0 Å². The van der Waals surface area contributed by atoms with Crippen molar-refractivity contribution in [2.24, 2.45) is 0 Å². The van der Waals surface area contributed by atoms with E-state index in [1.54, 1.807) is 0 Å². The fourth-order valence-corrected chi connectivity index (χ4v) is 2.27. The zero-order chi connectivity index (χ0) is 14.2. The van der Waals surface area contributed by atoms with Gasteiger partial charge in [0.2, 0.25) is 5.95 Å². The summed E-state index contributed by atoms with van der Waals surface area (Å²) in [7, 11) is 0. The molecule has 4 heteroatoms. The zero-order valence-electron chi connectivity index (χ0n) is 12.4. The van der Waals surface area contributed by atoms with Crippen LogP contribution in [0.15, 0.2) is 42.7 Å². The van der Waals surface area contributed by atoms with Gasteiger partial charge in [0.25, 0.3) is 0 Å². The third-order valence-electron chi connectivity index (χ3n) is 3.51. The summed E-state index contributed by atoms with van der Waals surface area (Å²) >= 11 is 0. The third kappa shape index (κ3) is 4.10. The Morgan fingerprint density at radius 3 is 2.60 bits per heavy atom. The summed E-state index contributed by atoms with van der Waals surface area (Å²) in [6, 6.07) is 10.2. The Bertz CT molecular complexity index is 488. The van der Waals surface area contributed by atoms with E-state index in [4.69, 9.17) is 0 Å². The Hall–Kier alpha value is -1.81. The van der Waals surface area contributed by atoms with Crippen LogP contribution in [0.25, 0.3) is 0 Å². The van der Waals surface area contributed by atoms with Crippen molar-refractivity contribution in [3.63, 3.8) is 0 Å². The van der Waals surface area contributed by atoms with Crippen LogP contribution in [0.4, 0.5) is 11.6 Å². The van der Waals surface area contributed by atoms with E-state index < -0.39 is 0 Å². The molecule has 0 unspecified atom stereocenters. The van der Waals surface area contributed by atoms with Crippen molar-refractivity contribution >= 4 is 11.6 Å². The van der Waals surface area contributed by atoms with Crippen LogP contribution in [0, 0.1) is 0 Å². The number of imidazole rings is 1. The molecule has 0 amide bonds. The van der Waals surface area contributed by atoms with Gasteiger partial charge in [0.1, 0.15) is 0 Å². The highest BCUT2D eigenvalue weighted by Gasteiger charge is 2.04. The van der Waals surface area contributed by atoms with Gasteiger partial charge >= 0.3 is 0 Å². The highest BCUT2D eigenvalue weighted by atomic mass is 15.2. The van der Waals surface area contributed by atoms with Crippen LogP contribution in [0.1, 0.15) is 20.3 Å². The van der Waals surface area contributed by atoms with Gasteiger partial charge in [0, 0.05) is 24.6 Å². The predicted molar refractivity (Wildman–Crippen MR) is 84.4 cm³/mol. The zero-order valence-corrected chi connectivity index (χ0v) is 12.4. The molecule has 0 aliphatic carbocycles. The molecule has 0 bridgehead atoms. The Balaban J connectivity index is 1.89. The van der Waals surface area contributed by atoms with Crippen LogP contribution in [-0.2, 0) is 6.54 Å². The van der Waals surface area contributed by atoms with Crippen molar-refractivity contribution in [3.05, 3.63) is 42.7 Å². The molecule has 20 heavy (non-hydrogen) atoms. The second-order valence-corrected chi connectivity index (χ2v) is 4.82. The summed E-state index contributed by atoms with van der Waals surface area (Å²) in [5.74, 6) is 0.913. The number of aryl methyl sites for hydroxylation is 1. The lowest BCUT2D eigenvalue weighted by atomic mass is 10.3. The normalized spacial score (nSPS) is 10.9. The van der Waals surface area contributed by atoms with Crippen molar-refractivity contribution in [1.29, 1.82) is 0 Å². The first kappa shape index (κ1) is 14.6. The van der Waals surface area contributed by atoms with Crippen molar-refractivity contribution in [2.45, 2.75) is 26.8 Å². The summed E-state index contributed by atoms with van der Waals surface area (Å²) in [6.45, 7) is 8.79. The minimum absolute atomic E-state index is 0.913. The van der Waals surface area contributed by atoms with E-state index in [0.717, 1.165) is 44.2 Å². The highest BCUT2D eigenvalue weighted by Crippen LogP contribution is 2.14. The number of aromatic nitrogens is 2. The third-order valence-corrected chi connectivity index (χ3v) is 3.51. The summed E-state index contributed by atoms with van der Waals surface area (Å²) in [4.78, 5) is 6.83. The molecule has 0 aliphatic heterocycles. The number of hydrogen-bond acceptors (Lipinski definition) is 3. The predicted octanol–water partition coefficient (Wildman–Crippen LogP) is 3.36. The molecule has 1 aromatic heterocycles. The highest BCUT2D eigenvalue weighted by molar-refractivity contribution is 5.52. The monoisotopic (exact) mass is 272 g/mol. The van der Waals surface area contributed by atoms with E-state index in [0.29, 0.717) is 0 Å². The number of nitrogens with zero attached hydrogens (tertiary/aromatic N) is 3. The second-order valence-electron chi connectivity index (χ2n) is 4.82. The standard InChI is InChI=1S/C16H24N4/c1-3-19(4-2)12-8-13-20-14-11-17-16(20)18-15-9-6-5-7-10-15/h5-7,9-11,14H,3-4,8,12-13H2,1-2H3,(H,17,18). The van der Waals surface area contributed by atoms with E-state index in [9.17, 15) is 0 Å². The minimum atomic E-state index is 0.913. The van der Waals surface area contributed by atoms with Crippen molar-refractivity contribution < 1.29 is 0 Å². The van der Waals surface area contributed by atoms with Crippen LogP contribution in [0.5, 0.6) is 0 Å². The topological polar surface area (TPSA) is 33.1 Å². The van der Waals surface area contributed by atoms with Gasteiger partial charge in [-0.1, -0.05) is 32.0 Å². The average molecular weight is 272 g/mol. The Kier molecular flexibility index (Phi) is 5.62. The summed E-state index contributed by atoms with van der Waals surface area (Å²) < 4.78 is 2.18. The molecule has 0 spiro atoms. The van der Waals surface area contributed by atoms with E-state index in [2.05, 4.69) is 45.7 Å². The van der Waals surface area contributed by atoms with Crippen LogP contribution in [-0.4, -0.2) is 34.1 Å². The lowest BCUT2D eigenvalue weighted by molar-refractivity contribution is 0.293. The quantitative estimate of drug-likeness (QED) is 0.800. The van der Waals surface area contributed by atoms with Crippen molar-refractivity contribution in [1.82, 2.24) is 14.5 Å². The van der Waals surface area contributed by atoms with Gasteiger partial charge < -0.3 is 14.8 Å². The van der Waals surface area contributed by atoms with Gasteiger partial charge in [-0.05, 0) is 38.2 Å². The summed E-state index contributed by atoms with van der Waals surface area (Å²) in [5, 5.41) is 3.36. The van der Waals surface area contributed by atoms with Gasteiger partial charge in [0.15, 0.2) is 0 Å². The molecule has 0 fully saturated rings. The number of hydrogen-bond donors (Lipinski definition) is 1. The fraction of sp³-hybridized carbons (Fsp3) is 0.438. The van der Waals surface area contributed by atoms with E-state index in [1.807, 2.05) is 30.6 Å². The Morgan fingerprint density at radius 2 is 1.90 bits per heavy atom.